The van der Waals surface area contributed by atoms with Crippen LogP contribution in [0, 0.1) is 0 Å². The van der Waals surface area contributed by atoms with Gasteiger partial charge >= 0.3 is 6.18 Å². The summed E-state index contributed by atoms with van der Waals surface area (Å²) in [5.41, 5.74) is -0.254. The Labute approximate surface area is 115 Å². The Morgan fingerprint density at radius 2 is 2.00 bits per heavy atom. The van der Waals surface area contributed by atoms with Gasteiger partial charge in [0.25, 0.3) is 0 Å². The zero-order chi connectivity index (χ0) is 14.8. The number of fused-ring (bicyclic) bond motifs is 1. The molecule has 0 amide bonds. The van der Waals surface area contributed by atoms with Crippen LogP contribution in [0.2, 0.25) is 0 Å². The molecule has 0 aliphatic heterocycles. The summed E-state index contributed by atoms with van der Waals surface area (Å²) in [6, 6.07) is 2.75. The van der Waals surface area contributed by atoms with E-state index in [0.717, 1.165) is 25.2 Å². The van der Waals surface area contributed by atoms with E-state index >= 15 is 0 Å². The van der Waals surface area contributed by atoms with Crippen LogP contribution < -0.4 is 5.32 Å². The summed E-state index contributed by atoms with van der Waals surface area (Å²) >= 11 is 0. The van der Waals surface area contributed by atoms with Crippen molar-refractivity contribution >= 4 is 5.65 Å². The fourth-order valence-corrected chi connectivity index (χ4v) is 1.91. The molecule has 110 valence electrons. The van der Waals surface area contributed by atoms with Gasteiger partial charge in [-0.15, -0.1) is 10.2 Å². The quantitative estimate of drug-likeness (QED) is 0.859. The van der Waals surface area contributed by atoms with Crippen LogP contribution in [0.3, 0.4) is 0 Å². The first-order valence-corrected chi connectivity index (χ1v) is 6.52. The van der Waals surface area contributed by atoms with Crippen molar-refractivity contribution in [2.45, 2.75) is 38.9 Å². The smallest absolute Gasteiger partial charge is 0.315 e. The van der Waals surface area contributed by atoms with Crippen molar-refractivity contribution in [2.24, 2.45) is 0 Å². The van der Waals surface area contributed by atoms with Crippen LogP contribution in [-0.2, 0) is 12.6 Å². The fraction of sp³-hybridized carbons (Fsp3) is 0.538. The summed E-state index contributed by atoms with van der Waals surface area (Å²) in [5.74, 6) is 0.552. The van der Waals surface area contributed by atoms with E-state index in [1.807, 2.05) is 13.8 Å². The lowest BCUT2D eigenvalue weighted by atomic mass is 10.2. The van der Waals surface area contributed by atoms with E-state index in [1.165, 1.54) is 10.5 Å². The van der Waals surface area contributed by atoms with Crippen molar-refractivity contribution in [3.05, 3.63) is 29.7 Å². The van der Waals surface area contributed by atoms with Gasteiger partial charge in [0.05, 0.1) is 5.56 Å². The maximum Gasteiger partial charge on any atom is 0.417 e. The van der Waals surface area contributed by atoms with Crippen LogP contribution in [0.25, 0.3) is 5.65 Å². The van der Waals surface area contributed by atoms with Crippen LogP contribution in [0.1, 0.15) is 31.7 Å². The second-order valence-electron chi connectivity index (χ2n) is 4.97. The van der Waals surface area contributed by atoms with Crippen molar-refractivity contribution in [1.29, 1.82) is 0 Å². The van der Waals surface area contributed by atoms with Crippen molar-refractivity contribution in [2.75, 3.05) is 6.54 Å². The number of hydrogen-bond donors (Lipinski definition) is 1. The third-order valence-corrected chi connectivity index (χ3v) is 2.93. The molecule has 0 spiro atoms. The number of aromatic nitrogens is 3. The van der Waals surface area contributed by atoms with E-state index < -0.39 is 11.7 Å². The molecule has 0 aromatic carbocycles. The number of pyridine rings is 1. The molecule has 2 aromatic rings. The highest BCUT2D eigenvalue weighted by Crippen LogP contribution is 2.29. The molecular weight excluding hydrogens is 269 g/mol. The summed E-state index contributed by atoms with van der Waals surface area (Å²) in [4.78, 5) is 0. The molecule has 0 saturated heterocycles. The monoisotopic (exact) mass is 286 g/mol. The van der Waals surface area contributed by atoms with Gasteiger partial charge in [-0.1, -0.05) is 13.8 Å². The van der Waals surface area contributed by atoms with E-state index in [2.05, 4.69) is 15.5 Å². The highest BCUT2D eigenvalue weighted by atomic mass is 19.4. The Bertz CT molecular complexity index is 574. The molecule has 0 bridgehead atoms. The Kier molecular flexibility index (Phi) is 4.27. The predicted octanol–water partition coefficient (Wildman–Crippen LogP) is 2.68. The zero-order valence-corrected chi connectivity index (χ0v) is 11.4. The number of aryl methyl sites for hydroxylation is 1. The van der Waals surface area contributed by atoms with E-state index in [0.29, 0.717) is 23.9 Å². The molecule has 0 atom stereocenters. The van der Waals surface area contributed by atoms with Crippen LogP contribution in [0.5, 0.6) is 0 Å². The van der Waals surface area contributed by atoms with Gasteiger partial charge in [-0.25, -0.2) is 0 Å². The predicted molar refractivity (Wildman–Crippen MR) is 69.4 cm³/mol. The third-order valence-electron chi connectivity index (χ3n) is 2.93. The van der Waals surface area contributed by atoms with Crippen molar-refractivity contribution < 1.29 is 13.2 Å². The van der Waals surface area contributed by atoms with Gasteiger partial charge in [0.15, 0.2) is 5.65 Å². The molecule has 1 N–H and O–H groups in total. The lowest BCUT2D eigenvalue weighted by Gasteiger charge is -2.08. The topological polar surface area (TPSA) is 42.2 Å². The minimum absolute atomic E-state index is 0.391. The number of nitrogens with zero attached hydrogens (tertiary/aromatic N) is 3. The standard InChI is InChI=1S/C13H17F3N4/c1-9(2)17-7-3-4-11-18-19-12-6-5-10(8-20(11)12)13(14,15)16/h5-6,8-9,17H,3-4,7H2,1-2H3. The van der Waals surface area contributed by atoms with Gasteiger partial charge in [-0.05, 0) is 25.1 Å². The Morgan fingerprint density at radius 3 is 2.65 bits per heavy atom. The van der Waals surface area contributed by atoms with E-state index in [-0.39, 0.29) is 0 Å². The highest BCUT2D eigenvalue weighted by Gasteiger charge is 2.31. The van der Waals surface area contributed by atoms with Crippen LogP contribution in [-0.4, -0.2) is 27.2 Å². The minimum Gasteiger partial charge on any atom is -0.315 e. The third kappa shape index (κ3) is 3.47. The summed E-state index contributed by atoms with van der Waals surface area (Å²) in [5, 5.41) is 11.1. The van der Waals surface area contributed by atoms with Gasteiger partial charge in [0.1, 0.15) is 5.82 Å². The molecular formula is C13H17F3N4. The van der Waals surface area contributed by atoms with Crippen molar-refractivity contribution in [1.82, 2.24) is 19.9 Å². The first kappa shape index (κ1) is 14.8. The number of rotatable bonds is 5. The molecule has 0 aliphatic carbocycles. The summed E-state index contributed by atoms with van der Waals surface area (Å²) in [6.45, 7) is 4.88. The number of alkyl halides is 3. The zero-order valence-electron chi connectivity index (χ0n) is 11.4. The Balaban J connectivity index is 2.13. The van der Waals surface area contributed by atoms with Crippen molar-refractivity contribution in [3.8, 4) is 0 Å². The van der Waals surface area contributed by atoms with Gasteiger partial charge < -0.3 is 5.32 Å². The molecule has 0 saturated carbocycles. The largest absolute Gasteiger partial charge is 0.417 e. The molecule has 0 aliphatic rings. The van der Waals surface area contributed by atoms with Crippen LogP contribution in [0.15, 0.2) is 18.3 Å². The molecule has 0 radical (unpaired) electrons. The average molecular weight is 286 g/mol. The molecule has 20 heavy (non-hydrogen) atoms. The molecule has 0 unspecified atom stereocenters. The molecule has 4 nitrogen and oxygen atoms in total. The molecule has 2 heterocycles. The van der Waals surface area contributed by atoms with Crippen LogP contribution >= 0.6 is 0 Å². The fourth-order valence-electron chi connectivity index (χ4n) is 1.91. The van der Waals surface area contributed by atoms with E-state index in [9.17, 15) is 13.2 Å². The average Bonchev–Trinajstić information content (AvgIpc) is 2.76. The number of hydrogen-bond acceptors (Lipinski definition) is 3. The Hall–Kier alpha value is -1.63. The maximum absolute atomic E-state index is 12.7. The number of nitrogens with one attached hydrogen (secondary N) is 1. The normalized spacial score (nSPS) is 12.5. The molecule has 2 aromatic heterocycles. The van der Waals surface area contributed by atoms with E-state index in [4.69, 9.17) is 0 Å². The first-order valence-electron chi connectivity index (χ1n) is 6.52. The summed E-state index contributed by atoms with van der Waals surface area (Å²) < 4.78 is 39.5. The van der Waals surface area contributed by atoms with Gasteiger partial charge in [0.2, 0.25) is 0 Å². The maximum atomic E-state index is 12.7. The van der Waals surface area contributed by atoms with Gasteiger partial charge in [0, 0.05) is 18.7 Å². The minimum atomic E-state index is -4.35. The summed E-state index contributed by atoms with van der Waals surface area (Å²) in [6.07, 6.45) is -1.91. The molecule has 0 fully saturated rings. The first-order chi connectivity index (χ1) is 9.38. The van der Waals surface area contributed by atoms with Gasteiger partial charge in [-0.2, -0.15) is 13.2 Å². The second kappa shape index (κ2) is 5.78. The van der Waals surface area contributed by atoms with Crippen molar-refractivity contribution in [3.63, 3.8) is 0 Å². The van der Waals surface area contributed by atoms with Crippen LogP contribution in [0.4, 0.5) is 13.2 Å². The molecule has 2 rings (SSSR count). The van der Waals surface area contributed by atoms with E-state index in [1.54, 1.807) is 0 Å². The number of halogens is 3. The highest BCUT2D eigenvalue weighted by molar-refractivity contribution is 5.40. The Morgan fingerprint density at radius 1 is 1.25 bits per heavy atom. The molecule has 7 heteroatoms. The lowest BCUT2D eigenvalue weighted by Crippen LogP contribution is -2.24. The second-order valence-corrected chi connectivity index (χ2v) is 4.97. The lowest BCUT2D eigenvalue weighted by molar-refractivity contribution is -0.137. The summed E-state index contributed by atoms with van der Waals surface area (Å²) in [7, 11) is 0. The SMILES string of the molecule is CC(C)NCCCc1nnc2ccc(C(F)(F)F)cn12. The van der Waals surface area contributed by atoms with Gasteiger partial charge in [-0.3, -0.25) is 4.40 Å².